The molecule has 0 aliphatic rings. The van der Waals surface area contributed by atoms with Crippen LogP contribution in [-0.4, -0.2) is 34.1 Å². The number of aromatic nitrogens is 2. The average molecular weight is 282 g/mol. The topological polar surface area (TPSA) is 49.8 Å². The molecule has 0 aromatic carbocycles. The zero-order valence-corrected chi connectivity index (χ0v) is 13.5. The van der Waals surface area contributed by atoms with Gasteiger partial charge in [-0.1, -0.05) is 13.8 Å². The Labute approximate surface area is 121 Å². The van der Waals surface area contributed by atoms with Gasteiger partial charge in [-0.15, -0.1) is 0 Å². The largest absolute Gasteiger partial charge is 0.369 e. The first-order valence-electron chi connectivity index (χ1n) is 6.97. The Kier molecular flexibility index (Phi) is 6.42. The van der Waals surface area contributed by atoms with Crippen LogP contribution in [0.1, 0.15) is 39.3 Å². The van der Waals surface area contributed by atoms with E-state index in [4.69, 9.17) is 0 Å². The summed E-state index contributed by atoms with van der Waals surface area (Å²) < 4.78 is 0.289. The van der Waals surface area contributed by atoms with Crippen LogP contribution in [0.2, 0.25) is 0 Å². The standard InChI is InChI=1S/C14H26N4S/c1-6-14(7-2,19-5)10-16-12-9-11(4)17-13(18-12)15-8-3/h9H,6-8,10H2,1-5H3,(H2,15,16,17,18). The van der Waals surface area contributed by atoms with E-state index in [0.717, 1.165) is 37.4 Å². The van der Waals surface area contributed by atoms with Gasteiger partial charge < -0.3 is 10.6 Å². The van der Waals surface area contributed by atoms with E-state index in [1.807, 2.05) is 31.7 Å². The lowest BCUT2D eigenvalue weighted by Crippen LogP contribution is -2.32. The molecule has 2 N–H and O–H groups in total. The van der Waals surface area contributed by atoms with Crippen LogP contribution in [0.3, 0.4) is 0 Å². The summed E-state index contributed by atoms with van der Waals surface area (Å²) in [5.41, 5.74) is 0.983. The summed E-state index contributed by atoms with van der Waals surface area (Å²) >= 11 is 1.93. The van der Waals surface area contributed by atoms with E-state index in [-0.39, 0.29) is 4.75 Å². The molecule has 0 saturated carbocycles. The first-order chi connectivity index (χ1) is 9.09. The number of aryl methyl sites for hydroxylation is 1. The van der Waals surface area contributed by atoms with Gasteiger partial charge in [0, 0.05) is 29.6 Å². The van der Waals surface area contributed by atoms with Gasteiger partial charge in [0.05, 0.1) is 0 Å². The molecule has 0 unspecified atom stereocenters. The number of thioether (sulfide) groups is 1. The number of hydrogen-bond acceptors (Lipinski definition) is 5. The summed E-state index contributed by atoms with van der Waals surface area (Å²) in [5, 5.41) is 6.63. The van der Waals surface area contributed by atoms with Crippen molar-refractivity contribution in [1.29, 1.82) is 0 Å². The van der Waals surface area contributed by atoms with E-state index < -0.39 is 0 Å². The summed E-state index contributed by atoms with van der Waals surface area (Å²) in [6.07, 6.45) is 4.49. The van der Waals surface area contributed by atoms with Crippen LogP contribution in [0.4, 0.5) is 11.8 Å². The van der Waals surface area contributed by atoms with Crippen LogP contribution in [0.15, 0.2) is 6.07 Å². The van der Waals surface area contributed by atoms with Crippen LogP contribution in [-0.2, 0) is 0 Å². The second-order valence-electron chi connectivity index (χ2n) is 4.70. The van der Waals surface area contributed by atoms with Crippen LogP contribution in [0.5, 0.6) is 0 Å². The molecule has 0 aliphatic heterocycles. The van der Waals surface area contributed by atoms with Crippen LogP contribution < -0.4 is 10.6 Å². The third-order valence-electron chi connectivity index (χ3n) is 3.50. The monoisotopic (exact) mass is 282 g/mol. The Morgan fingerprint density at radius 1 is 1.16 bits per heavy atom. The van der Waals surface area contributed by atoms with E-state index in [9.17, 15) is 0 Å². The molecule has 108 valence electrons. The Morgan fingerprint density at radius 3 is 2.37 bits per heavy atom. The van der Waals surface area contributed by atoms with E-state index in [0.29, 0.717) is 5.95 Å². The number of rotatable bonds is 8. The predicted molar refractivity (Wildman–Crippen MR) is 86.3 cm³/mol. The van der Waals surface area contributed by atoms with Gasteiger partial charge >= 0.3 is 0 Å². The number of nitrogens with zero attached hydrogens (tertiary/aromatic N) is 2. The molecule has 0 radical (unpaired) electrons. The van der Waals surface area contributed by atoms with Gasteiger partial charge in [-0.05, 0) is 32.9 Å². The molecule has 0 saturated heterocycles. The first-order valence-corrected chi connectivity index (χ1v) is 8.20. The number of anilines is 2. The van der Waals surface area contributed by atoms with Gasteiger partial charge in [-0.25, -0.2) is 4.98 Å². The third-order valence-corrected chi connectivity index (χ3v) is 5.09. The summed E-state index contributed by atoms with van der Waals surface area (Å²) in [7, 11) is 0. The van der Waals surface area contributed by atoms with Crippen molar-refractivity contribution in [3.05, 3.63) is 11.8 Å². The second-order valence-corrected chi connectivity index (χ2v) is 5.97. The zero-order chi connectivity index (χ0) is 14.3. The van der Waals surface area contributed by atoms with Crippen LogP contribution in [0, 0.1) is 6.92 Å². The molecule has 4 nitrogen and oxygen atoms in total. The Hall–Kier alpha value is -0.970. The van der Waals surface area contributed by atoms with Crippen molar-refractivity contribution in [2.24, 2.45) is 0 Å². The SMILES string of the molecule is CCNc1nc(C)cc(NCC(CC)(CC)SC)n1. The summed E-state index contributed by atoms with van der Waals surface area (Å²) in [6.45, 7) is 10.3. The van der Waals surface area contributed by atoms with Crippen molar-refractivity contribution in [3.63, 3.8) is 0 Å². The molecule has 1 heterocycles. The fourth-order valence-electron chi connectivity index (χ4n) is 2.01. The molecule has 0 atom stereocenters. The Morgan fingerprint density at radius 2 is 1.84 bits per heavy atom. The lowest BCUT2D eigenvalue weighted by molar-refractivity contribution is 0.574. The van der Waals surface area contributed by atoms with Crippen molar-refractivity contribution >= 4 is 23.5 Å². The quantitative estimate of drug-likeness (QED) is 0.763. The highest BCUT2D eigenvalue weighted by atomic mass is 32.2. The third kappa shape index (κ3) is 4.56. The fraction of sp³-hybridized carbons (Fsp3) is 0.714. The van der Waals surface area contributed by atoms with Crippen molar-refractivity contribution in [2.45, 2.75) is 45.3 Å². The summed E-state index contributed by atoms with van der Waals surface area (Å²) in [4.78, 5) is 8.85. The van der Waals surface area contributed by atoms with Crippen molar-refractivity contribution in [1.82, 2.24) is 9.97 Å². The highest BCUT2D eigenvalue weighted by Crippen LogP contribution is 2.30. The molecule has 0 amide bonds. The summed E-state index contributed by atoms with van der Waals surface area (Å²) in [5.74, 6) is 1.61. The minimum atomic E-state index is 0.289. The molecule has 19 heavy (non-hydrogen) atoms. The maximum Gasteiger partial charge on any atom is 0.224 e. The lowest BCUT2D eigenvalue weighted by Gasteiger charge is -2.30. The smallest absolute Gasteiger partial charge is 0.224 e. The minimum Gasteiger partial charge on any atom is -0.369 e. The number of hydrogen-bond donors (Lipinski definition) is 2. The highest BCUT2D eigenvalue weighted by molar-refractivity contribution is 8.00. The molecular formula is C14H26N4S. The fourth-order valence-corrected chi connectivity index (χ4v) is 2.80. The normalized spacial score (nSPS) is 11.4. The van der Waals surface area contributed by atoms with Crippen molar-refractivity contribution in [2.75, 3.05) is 30.0 Å². The minimum absolute atomic E-state index is 0.289. The molecular weight excluding hydrogens is 256 g/mol. The zero-order valence-electron chi connectivity index (χ0n) is 12.7. The van der Waals surface area contributed by atoms with E-state index in [1.165, 1.54) is 0 Å². The maximum absolute atomic E-state index is 4.49. The van der Waals surface area contributed by atoms with Gasteiger partial charge in [0.25, 0.3) is 0 Å². The van der Waals surface area contributed by atoms with E-state index >= 15 is 0 Å². The Balaban J connectivity index is 2.76. The van der Waals surface area contributed by atoms with E-state index in [1.54, 1.807) is 0 Å². The Bertz CT molecular complexity index is 383. The van der Waals surface area contributed by atoms with Crippen molar-refractivity contribution in [3.8, 4) is 0 Å². The molecule has 1 aromatic rings. The molecule has 0 bridgehead atoms. The van der Waals surface area contributed by atoms with Gasteiger partial charge in [-0.3, -0.25) is 0 Å². The average Bonchev–Trinajstić information content (AvgIpc) is 2.41. The van der Waals surface area contributed by atoms with Crippen LogP contribution >= 0.6 is 11.8 Å². The maximum atomic E-state index is 4.49. The molecule has 1 aromatic heterocycles. The molecule has 5 heteroatoms. The van der Waals surface area contributed by atoms with Crippen molar-refractivity contribution < 1.29 is 0 Å². The van der Waals surface area contributed by atoms with Gasteiger partial charge in [0.1, 0.15) is 5.82 Å². The molecule has 1 rings (SSSR count). The first kappa shape index (κ1) is 16.1. The lowest BCUT2D eigenvalue weighted by atomic mass is 10.0. The van der Waals surface area contributed by atoms with E-state index in [2.05, 4.69) is 40.7 Å². The molecule has 0 fully saturated rings. The summed E-state index contributed by atoms with van der Waals surface area (Å²) in [6, 6.07) is 2.00. The second kappa shape index (κ2) is 7.58. The molecule has 0 aliphatic carbocycles. The predicted octanol–water partition coefficient (Wildman–Crippen LogP) is 3.55. The van der Waals surface area contributed by atoms with Gasteiger partial charge in [0.2, 0.25) is 5.95 Å². The van der Waals surface area contributed by atoms with Crippen LogP contribution in [0.25, 0.3) is 0 Å². The molecule has 0 spiro atoms. The van der Waals surface area contributed by atoms with Gasteiger partial charge in [0.15, 0.2) is 0 Å². The highest BCUT2D eigenvalue weighted by Gasteiger charge is 2.24. The van der Waals surface area contributed by atoms with Gasteiger partial charge in [-0.2, -0.15) is 16.7 Å². The number of nitrogens with one attached hydrogen (secondary N) is 2.